The van der Waals surface area contributed by atoms with Crippen molar-refractivity contribution in [3.63, 3.8) is 0 Å². The smallest absolute Gasteiger partial charge is 0.0118 e. The van der Waals surface area contributed by atoms with Gasteiger partial charge in [-0.15, -0.1) is 0 Å². The molecule has 1 unspecified atom stereocenters. The van der Waals surface area contributed by atoms with Crippen molar-refractivity contribution >= 4 is 10.2 Å². The van der Waals surface area contributed by atoms with Crippen LogP contribution in [0.2, 0.25) is 5.54 Å². The Morgan fingerprint density at radius 2 is 2.17 bits per heavy atom. The molecule has 0 amide bonds. The van der Waals surface area contributed by atoms with E-state index in [0.717, 1.165) is 5.54 Å². The molecule has 0 aromatic carbocycles. The van der Waals surface area contributed by atoms with Gasteiger partial charge in [0, 0.05) is 10.2 Å². The molecule has 0 saturated heterocycles. The summed E-state index contributed by atoms with van der Waals surface area (Å²) in [5.74, 6) is 0. The minimum absolute atomic E-state index is 0.926. The topological polar surface area (TPSA) is 0 Å². The highest BCUT2D eigenvalue weighted by molar-refractivity contribution is 6.11. The van der Waals surface area contributed by atoms with Crippen molar-refractivity contribution in [1.29, 1.82) is 0 Å². The minimum atomic E-state index is 0.926. The molecule has 0 spiro atoms. The van der Waals surface area contributed by atoms with Gasteiger partial charge in [-0.1, -0.05) is 32.2 Å². The van der Waals surface area contributed by atoms with Gasteiger partial charge >= 0.3 is 0 Å². The summed E-state index contributed by atoms with van der Waals surface area (Å²) in [5, 5.41) is 0. The van der Waals surface area contributed by atoms with Gasteiger partial charge in [0.05, 0.1) is 0 Å². The first-order valence-electron chi connectivity index (χ1n) is 2.60. The summed E-state index contributed by atoms with van der Waals surface area (Å²) < 4.78 is 0. The normalized spacial score (nSPS) is 14.5. The molecule has 0 bridgehead atoms. The van der Waals surface area contributed by atoms with Crippen molar-refractivity contribution in [2.75, 3.05) is 0 Å². The van der Waals surface area contributed by atoms with Crippen LogP contribution < -0.4 is 0 Å². The molecule has 0 N–H and O–H groups in total. The molecule has 0 fully saturated rings. The van der Waals surface area contributed by atoms with Crippen LogP contribution in [0, 0.1) is 0 Å². The zero-order chi connectivity index (χ0) is 4.99. The largest absolute Gasteiger partial charge is 0.0657 e. The van der Waals surface area contributed by atoms with E-state index in [9.17, 15) is 0 Å². The number of hydrogen-bond donors (Lipinski definition) is 0. The second-order valence-corrected chi connectivity index (χ2v) is 3.29. The van der Waals surface area contributed by atoms with Crippen LogP contribution in [0.4, 0.5) is 0 Å². The Labute approximate surface area is 43.4 Å². The molecule has 0 nitrogen and oxygen atoms in total. The quantitative estimate of drug-likeness (QED) is 0.459. The highest BCUT2D eigenvalue weighted by atomic mass is 28.1. The SMILES string of the molecule is CCCC(C)[SiH2]. The first-order chi connectivity index (χ1) is 2.77. The third kappa shape index (κ3) is 4.22. The Morgan fingerprint density at radius 1 is 1.67 bits per heavy atom. The van der Waals surface area contributed by atoms with Crippen molar-refractivity contribution in [3.05, 3.63) is 0 Å². The Kier molecular flexibility index (Phi) is 3.53. The van der Waals surface area contributed by atoms with E-state index in [-0.39, 0.29) is 0 Å². The summed E-state index contributed by atoms with van der Waals surface area (Å²) in [5.41, 5.74) is 0.926. The Balaban J connectivity index is 2.63. The third-order valence-electron chi connectivity index (χ3n) is 0.781. The second-order valence-electron chi connectivity index (χ2n) is 1.89. The fraction of sp³-hybridized carbons (Fsp3) is 1.00. The Hall–Kier alpha value is 0.217. The van der Waals surface area contributed by atoms with E-state index in [0.29, 0.717) is 0 Å². The summed E-state index contributed by atoms with van der Waals surface area (Å²) >= 11 is 0. The molecule has 37 valence electrons. The van der Waals surface area contributed by atoms with Gasteiger partial charge < -0.3 is 0 Å². The molecule has 0 saturated carbocycles. The van der Waals surface area contributed by atoms with Crippen molar-refractivity contribution in [2.45, 2.75) is 32.2 Å². The highest BCUT2D eigenvalue weighted by Gasteiger charge is 1.85. The summed E-state index contributed by atoms with van der Waals surface area (Å²) in [4.78, 5) is 0. The third-order valence-corrected chi connectivity index (χ3v) is 1.19. The zero-order valence-electron chi connectivity index (χ0n) is 4.70. The van der Waals surface area contributed by atoms with Crippen LogP contribution in [0.5, 0.6) is 0 Å². The van der Waals surface area contributed by atoms with Crippen molar-refractivity contribution in [2.24, 2.45) is 0 Å². The molecule has 6 heavy (non-hydrogen) atoms. The average Bonchev–Trinajstić information content (AvgIpc) is 1.35. The molecule has 0 heterocycles. The van der Waals surface area contributed by atoms with Crippen LogP contribution in [-0.2, 0) is 0 Å². The maximum atomic E-state index is 2.27. The van der Waals surface area contributed by atoms with E-state index in [1.807, 2.05) is 0 Å². The number of rotatable bonds is 2. The lowest BCUT2D eigenvalue weighted by molar-refractivity contribution is 0.769. The summed E-state index contributed by atoms with van der Waals surface area (Å²) in [7, 11) is 2.08. The molecule has 1 heteroatoms. The van der Waals surface area contributed by atoms with Gasteiger partial charge in [0.25, 0.3) is 0 Å². The minimum Gasteiger partial charge on any atom is -0.0657 e. The van der Waals surface area contributed by atoms with Gasteiger partial charge in [-0.05, 0) is 0 Å². The lowest BCUT2D eigenvalue weighted by atomic mass is 10.3. The van der Waals surface area contributed by atoms with Gasteiger partial charge in [0.2, 0.25) is 0 Å². The molecular formula is C5H13Si. The molecule has 0 rings (SSSR count). The van der Waals surface area contributed by atoms with Gasteiger partial charge in [-0.3, -0.25) is 0 Å². The van der Waals surface area contributed by atoms with Crippen LogP contribution in [0.1, 0.15) is 26.7 Å². The Morgan fingerprint density at radius 3 is 2.17 bits per heavy atom. The fourth-order valence-corrected chi connectivity index (χ4v) is 0.901. The van der Waals surface area contributed by atoms with Gasteiger partial charge in [-0.2, -0.15) is 0 Å². The maximum absolute atomic E-state index is 2.27. The monoisotopic (exact) mass is 101 g/mol. The van der Waals surface area contributed by atoms with Crippen LogP contribution in [-0.4, -0.2) is 10.2 Å². The maximum Gasteiger partial charge on any atom is 0.0118 e. The van der Waals surface area contributed by atoms with Crippen molar-refractivity contribution in [1.82, 2.24) is 0 Å². The lowest BCUT2D eigenvalue weighted by Crippen LogP contribution is -1.80. The van der Waals surface area contributed by atoms with Crippen LogP contribution >= 0.6 is 0 Å². The average molecular weight is 101 g/mol. The van der Waals surface area contributed by atoms with Gasteiger partial charge in [0.1, 0.15) is 0 Å². The predicted molar refractivity (Wildman–Crippen MR) is 32.9 cm³/mol. The van der Waals surface area contributed by atoms with E-state index >= 15 is 0 Å². The zero-order valence-corrected chi connectivity index (χ0v) is 6.11. The van der Waals surface area contributed by atoms with E-state index in [1.165, 1.54) is 12.8 Å². The second kappa shape index (κ2) is 3.41. The highest BCUT2D eigenvalue weighted by Crippen LogP contribution is 2.03. The molecule has 0 aliphatic carbocycles. The van der Waals surface area contributed by atoms with Crippen molar-refractivity contribution < 1.29 is 0 Å². The van der Waals surface area contributed by atoms with Crippen LogP contribution in [0.25, 0.3) is 0 Å². The van der Waals surface area contributed by atoms with Gasteiger partial charge in [0.15, 0.2) is 0 Å². The molecule has 0 aliphatic rings. The molecule has 1 atom stereocenters. The standard InChI is InChI=1S/C5H13Si/c1-3-4-5(2)6/h5H,3-4,6H2,1-2H3. The summed E-state index contributed by atoms with van der Waals surface area (Å²) in [6, 6.07) is 0. The van der Waals surface area contributed by atoms with Crippen molar-refractivity contribution in [3.8, 4) is 0 Å². The fourth-order valence-electron chi connectivity index (χ4n) is 0.493. The van der Waals surface area contributed by atoms with Gasteiger partial charge in [-0.25, -0.2) is 0 Å². The predicted octanol–water partition coefficient (Wildman–Crippen LogP) is 1.23. The summed E-state index contributed by atoms with van der Waals surface area (Å²) in [6.45, 7) is 4.49. The molecule has 0 aromatic rings. The first kappa shape index (κ1) is 6.22. The van der Waals surface area contributed by atoms with Crippen LogP contribution in [0.3, 0.4) is 0 Å². The van der Waals surface area contributed by atoms with Crippen LogP contribution in [0.15, 0.2) is 0 Å². The van der Waals surface area contributed by atoms with E-state index in [2.05, 4.69) is 24.1 Å². The lowest BCUT2D eigenvalue weighted by Gasteiger charge is -1.95. The molecular weight excluding hydrogens is 88.1 g/mol. The Bertz CT molecular complexity index is 25.1. The number of hydrogen-bond acceptors (Lipinski definition) is 0. The first-order valence-corrected chi connectivity index (χ1v) is 3.42. The van der Waals surface area contributed by atoms with E-state index < -0.39 is 0 Å². The summed E-state index contributed by atoms with van der Waals surface area (Å²) in [6.07, 6.45) is 2.73. The molecule has 0 aromatic heterocycles. The molecule has 0 aliphatic heterocycles. The van der Waals surface area contributed by atoms with E-state index in [4.69, 9.17) is 0 Å². The van der Waals surface area contributed by atoms with E-state index in [1.54, 1.807) is 0 Å². The molecule has 1 radical (unpaired) electrons.